The molecule has 1 aromatic heterocycles. The quantitative estimate of drug-likeness (QED) is 0.806. The first-order chi connectivity index (χ1) is 7.74. The molecule has 0 bridgehead atoms. The second-order valence-corrected chi connectivity index (χ2v) is 3.93. The highest BCUT2D eigenvalue weighted by molar-refractivity contribution is 5.88. The maximum absolute atomic E-state index is 11.4. The van der Waals surface area contributed by atoms with Crippen LogP contribution in [-0.2, 0) is 0 Å². The molecule has 2 amide bonds. The summed E-state index contributed by atoms with van der Waals surface area (Å²) in [4.78, 5) is 11.4. The zero-order chi connectivity index (χ0) is 11.4. The van der Waals surface area contributed by atoms with Gasteiger partial charge in [-0.05, 0) is 32.6 Å². The fraction of sp³-hybridized carbons (Fsp3) is 0.455. The van der Waals surface area contributed by atoms with E-state index in [-0.39, 0.29) is 6.03 Å². The first-order valence-corrected chi connectivity index (χ1v) is 5.43. The SMILES string of the molecule is Cc1cc(NC(=O)NC=C2CCCC2)no1. The minimum atomic E-state index is -0.285. The smallest absolute Gasteiger partial charge is 0.324 e. The molecule has 1 fully saturated rings. The number of aromatic nitrogens is 1. The van der Waals surface area contributed by atoms with Gasteiger partial charge in [-0.1, -0.05) is 10.7 Å². The molecule has 1 aliphatic carbocycles. The molecular weight excluding hydrogens is 206 g/mol. The number of hydrogen-bond acceptors (Lipinski definition) is 3. The van der Waals surface area contributed by atoms with Crippen molar-refractivity contribution in [3.05, 3.63) is 23.6 Å². The summed E-state index contributed by atoms with van der Waals surface area (Å²) < 4.78 is 4.84. The highest BCUT2D eigenvalue weighted by Crippen LogP contribution is 2.22. The van der Waals surface area contributed by atoms with Crippen LogP contribution < -0.4 is 10.6 Å². The van der Waals surface area contributed by atoms with Gasteiger partial charge in [-0.2, -0.15) is 0 Å². The maximum Gasteiger partial charge on any atom is 0.324 e. The summed E-state index contributed by atoms with van der Waals surface area (Å²) in [7, 11) is 0. The summed E-state index contributed by atoms with van der Waals surface area (Å²) in [6.07, 6.45) is 6.40. The Bertz CT molecular complexity index is 401. The number of carbonyl (C=O) groups is 1. The van der Waals surface area contributed by atoms with Crippen LogP contribution in [-0.4, -0.2) is 11.2 Å². The predicted octanol–water partition coefficient (Wildman–Crippen LogP) is 2.56. The van der Waals surface area contributed by atoms with Crippen LogP contribution in [0, 0.1) is 6.92 Å². The number of nitrogens with one attached hydrogen (secondary N) is 2. The predicted molar refractivity (Wildman–Crippen MR) is 59.9 cm³/mol. The first kappa shape index (κ1) is 10.7. The molecule has 1 saturated carbocycles. The molecule has 1 aromatic rings. The van der Waals surface area contributed by atoms with E-state index in [1.807, 2.05) is 0 Å². The Morgan fingerprint density at radius 1 is 1.50 bits per heavy atom. The van der Waals surface area contributed by atoms with Crippen molar-refractivity contribution in [1.82, 2.24) is 10.5 Å². The van der Waals surface area contributed by atoms with Crippen LogP contribution in [0.3, 0.4) is 0 Å². The average molecular weight is 221 g/mol. The minimum absolute atomic E-state index is 0.285. The molecule has 0 unspecified atom stereocenters. The number of rotatable bonds is 2. The zero-order valence-electron chi connectivity index (χ0n) is 9.25. The van der Waals surface area contributed by atoms with Crippen molar-refractivity contribution in [1.29, 1.82) is 0 Å². The molecule has 86 valence electrons. The molecule has 5 heteroatoms. The van der Waals surface area contributed by atoms with Crippen molar-refractivity contribution in [2.45, 2.75) is 32.6 Å². The molecule has 0 radical (unpaired) electrons. The van der Waals surface area contributed by atoms with E-state index in [4.69, 9.17) is 4.52 Å². The molecule has 2 rings (SSSR count). The van der Waals surface area contributed by atoms with Crippen molar-refractivity contribution in [3.8, 4) is 0 Å². The van der Waals surface area contributed by atoms with Crippen molar-refractivity contribution >= 4 is 11.8 Å². The van der Waals surface area contributed by atoms with E-state index >= 15 is 0 Å². The molecule has 16 heavy (non-hydrogen) atoms. The highest BCUT2D eigenvalue weighted by atomic mass is 16.5. The number of allylic oxidation sites excluding steroid dienone is 1. The van der Waals surface area contributed by atoms with E-state index in [2.05, 4.69) is 15.8 Å². The molecule has 0 spiro atoms. The van der Waals surface area contributed by atoms with Crippen LogP contribution in [0.5, 0.6) is 0 Å². The van der Waals surface area contributed by atoms with Crippen LogP contribution in [0.2, 0.25) is 0 Å². The lowest BCUT2D eigenvalue weighted by Gasteiger charge is -2.01. The van der Waals surface area contributed by atoms with Gasteiger partial charge in [0.2, 0.25) is 0 Å². The first-order valence-electron chi connectivity index (χ1n) is 5.43. The van der Waals surface area contributed by atoms with Gasteiger partial charge in [0.1, 0.15) is 5.76 Å². The Morgan fingerprint density at radius 3 is 2.88 bits per heavy atom. The van der Waals surface area contributed by atoms with Gasteiger partial charge in [0.25, 0.3) is 0 Å². The molecule has 0 saturated heterocycles. The van der Waals surface area contributed by atoms with E-state index in [1.54, 1.807) is 19.2 Å². The van der Waals surface area contributed by atoms with E-state index in [1.165, 1.54) is 18.4 Å². The average Bonchev–Trinajstić information content (AvgIpc) is 2.87. The Labute approximate surface area is 93.9 Å². The van der Waals surface area contributed by atoms with Gasteiger partial charge < -0.3 is 9.84 Å². The number of anilines is 1. The number of hydrogen-bond donors (Lipinski definition) is 2. The van der Waals surface area contributed by atoms with E-state index in [0.29, 0.717) is 11.6 Å². The third kappa shape index (κ3) is 2.85. The van der Waals surface area contributed by atoms with Crippen molar-refractivity contribution in [3.63, 3.8) is 0 Å². The molecular formula is C11H15N3O2. The molecule has 1 heterocycles. The van der Waals surface area contributed by atoms with Gasteiger partial charge >= 0.3 is 6.03 Å². The Kier molecular flexibility index (Phi) is 3.24. The van der Waals surface area contributed by atoms with Gasteiger partial charge in [-0.25, -0.2) is 4.79 Å². The monoisotopic (exact) mass is 221 g/mol. The van der Waals surface area contributed by atoms with E-state index < -0.39 is 0 Å². The summed E-state index contributed by atoms with van der Waals surface area (Å²) >= 11 is 0. The van der Waals surface area contributed by atoms with Gasteiger partial charge in [-0.3, -0.25) is 5.32 Å². The van der Waals surface area contributed by atoms with Crippen LogP contribution in [0.1, 0.15) is 31.4 Å². The summed E-state index contributed by atoms with van der Waals surface area (Å²) in [5, 5.41) is 8.94. The minimum Gasteiger partial charge on any atom is -0.360 e. The van der Waals surface area contributed by atoms with Crippen LogP contribution >= 0.6 is 0 Å². The molecule has 0 aromatic carbocycles. The van der Waals surface area contributed by atoms with E-state index in [0.717, 1.165) is 12.8 Å². The Hall–Kier alpha value is -1.78. The fourth-order valence-electron chi connectivity index (χ4n) is 1.72. The molecule has 0 atom stereocenters. The van der Waals surface area contributed by atoms with E-state index in [9.17, 15) is 4.79 Å². The third-order valence-electron chi connectivity index (χ3n) is 2.52. The number of urea groups is 1. The number of nitrogens with zero attached hydrogens (tertiary/aromatic N) is 1. The van der Waals surface area contributed by atoms with Crippen molar-refractivity contribution in [2.24, 2.45) is 0 Å². The Balaban J connectivity index is 1.82. The van der Waals surface area contributed by atoms with Crippen LogP contribution in [0.15, 0.2) is 22.4 Å². The second kappa shape index (κ2) is 4.83. The highest BCUT2D eigenvalue weighted by Gasteiger charge is 2.08. The molecule has 0 aliphatic heterocycles. The zero-order valence-corrected chi connectivity index (χ0v) is 9.25. The van der Waals surface area contributed by atoms with Gasteiger partial charge in [0, 0.05) is 12.3 Å². The third-order valence-corrected chi connectivity index (χ3v) is 2.52. The number of amides is 2. The van der Waals surface area contributed by atoms with Crippen LogP contribution in [0.4, 0.5) is 10.6 Å². The van der Waals surface area contributed by atoms with Crippen LogP contribution in [0.25, 0.3) is 0 Å². The summed E-state index contributed by atoms with van der Waals surface area (Å²) in [5.74, 6) is 1.10. The summed E-state index contributed by atoms with van der Waals surface area (Å²) in [6.45, 7) is 1.77. The molecule has 2 N–H and O–H groups in total. The van der Waals surface area contributed by atoms with Crippen molar-refractivity contribution < 1.29 is 9.32 Å². The second-order valence-electron chi connectivity index (χ2n) is 3.93. The van der Waals surface area contributed by atoms with Gasteiger partial charge in [0.05, 0.1) is 0 Å². The summed E-state index contributed by atoms with van der Waals surface area (Å²) in [5.41, 5.74) is 1.30. The fourth-order valence-corrected chi connectivity index (χ4v) is 1.72. The number of aryl methyl sites for hydroxylation is 1. The maximum atomic E-state index is 11.4. The number of carbonyl (C=O) groups excluding carboxylic acids is 1. The lowest BCUT2D eigenvalue weighted by atomic mass is 10.2. The largest absolute Gasteiger partial charge is 0.360 e. The molecule has 1 aliphatic rings. The molecule has 5 nitrogen and oxygen atoms in total. The van der Waals surface area contributed by atoms with Gasteiger partial charge in [0.15, 0.2) is 5.82 Å². The lowest BCUT2D eigenvalue weighted by molar-refractivity contribution is 0.254. The Morgan fingerprint density at radius 2 is 2.25 bits per heavy atom. The summed E-state index contributed by atoms with van der Waals surface area (Å²) in [6, 6.07) is 1.38. The van der Waals surface area contributed by atoms with Crippen molar-refractivity contribution in [2.75, 3.05) is 5.32 Å². The standard InChI is InChI=1S/C11H15N3O2/c1-8-6-10(14-16-8)13-11(15)12-7-9-4-2-3-5-9/h6-7H,2-5H2,1H3,(H2,12,13,14,15). The van der Waals surface area contributed by atoms with Gasteiger partial charge in [-0.15, -0.1) is 0 Å². The lowest BCUT2D eigenvalue weighted by Crippen LogP contribution is -2.24. The normalized spacial score (nSPS) is 14.9. The topological polar surface area (TPSA) is 67.2 Å².